The van der Waals surface area contributed by atoms with Gasteiger partial charge in [-0.25, -0.2) is 4.79 Å². The van der Waals surface area contributed by atoms with Crippen LogP contribution >= 0.6 is 0 Å². The summed E-state index contributed by atoms with van der Waals surface area (Å²) in [6.07, 6.45) is 1.49. The molecule has 33 heavy (non-hydrogen) atoms. The quantitative estimate of drug-likeness (QED) is 0.660. The number of ether oxygens (including phenoxy) is 4. The Balaban J connectivity index is 1.63. The van der Waals surface area contributed by atoms with E-state index in [4.69, 9.17) is 18.9 Å². The third kappa shape index (κ3) is 3.38. The van der Waals surface area contributed by atoms with Crippen LogP contribution in [0.2, 0.25) is 0 Å². The summed E-state index contributed by atoms with van der Waals surface area (Å²) in [6.45, 7) is 3.38. The first-order valence-corrected chi connectivity index (χ1v) is 11.1. The average molecular weight is 450 g/mol. The van der Waals surface area contributed by atoms with Gasteiger partial charge >= 0.3 is 5.97 Å². The van der Waals surface area contributed by atoms with E-state index < -0.39 is 17.4 Å². The van der Waals surface area contributed by atoms with Crippen molar-refractivity contribution >= 4 is 17.6 Å². The van der Waals surface area contributed by atoms with Gasteiger partial charge in [-0.2, -0.15) is 0 Å². The number of rotatable bonds is 4. The van der Waals surface area contributed by atoms with Crippen molar-refractivity contribution in [1.29, 1.82) is 0 Å². The molecule has 0 unspecified atom stereocenters. The lowest BCUT2D eigenvalue weighted by Gasteiger charge is -2.44. The monoisotopic (exact) mass is 449 g/mol. The predicted molar refractivity (Wildman–Crippen MR) is 121 cm³/mol. The standard InChI is InChI=1S/C26H27NO6/c1-25(2)32-21-15-18(11-10-16-8-6-5-7-9-16)31-26(22(21)23(28)33-25)19-14-17(30-4)12-13-20(19)27(3)24(26)29/h5-9,12-14,18H,10-11,15H2,1-4H3/t18-,26+/m1/s1. The molecule has 172 valence electrons. The number of cyclic esters (lactones) is 1. The summed E-state index contributed by atoms with van der Waals surface area (Å²) >= 11 is 0. The SMILES string of the molecule is COc1ccc2c(c1)[C@@]1(O[C@H](CCc3ccccc3)CC3=C1C(=O)OC(C)(C)O3)C(=O)N2C. The number of anilines is 1. The Hall–Kier alpha value is -3.32. The van der Waals surface area contributed by atoms with Crippen LogP contribution in [0.3, 0.4) is 0 Å². The van der Waals surface area contributed by atoms with Gasteiger partial charge in [0.2, 0.25) is 11.4 Å². The number of amides is 1. The van der Waals surface area contributed by atoms with E-state index >= 15 is 0 Å². The van der Waals surface area contributed by atoms with Gasteiger partial charge in [0.05, 0.1) is 18.9 Å². The van der Waals surface area contributed by atoms with Gasteiger partial charge in [-0.1, -0.05) is 30.3 Å². The molecule has 3 aliphatic rings. The van der Waals surface area contributed by atoms with Crippen LogP contribution in [-0.4, -0.2) is 37.9 Å². The summed E-state index contributed by atoms with van der Waals surface area (Å²) in [6, 6.07) is 15.5. The van der Waals surface area contributed by atoms with Crippen molar-refractivity contribution in [3.8, 4) is 5.75 Å². The summed E-state index contributed by atoms with van der Waals surface area (Å²) in [5, 5.41) is 0. The fourth-order valence-corrected chi connectivity index (χ4v) is 4.96. The number of carbonyl (C=O) groups excluding carboxylic acids is 2. The van der Waals surface area contributed by atoms with Crippen LogP contribution in [0.4, 0.5) is 5.69 Å². The van der Waals surface area contributed by atoms with E-state index in [9.17, 15) is 9.59 Å². The number of carbonyl (C=O) groups is 2. The largest absolute Gasteiger partial charge is 0.497 e. The van der Waals surface area contributed by atoms with Gasteiger partial charge in [-0.3, -0.25) is 4.79 Å². The van der Waals surface area contributed by atoms with Crippen LogP contribution in [0.15, 0.2) is 59.9 Å². The van der Waals surface area contributed by atoms with Gasteiger partial charge in [0.1, 0.15) is 17.1 Å². The molecule has 2 atom stereocenters. The van der Waals surface area contributed by atoms with Crippen LogP contribution in [0.25, 0.3) is 0 Å². The maximum Gasteiger partial charge on any atom is 0.344 e. The molecule has 0 aliphatic carbocycles. The van der Waals surface area contributed by atoms with E-state index in [1.807, 2.05) is 18.2 Å². The number of hydrogen-bond donors (Lipinski definition) is 0. The molecule has 0 radical (unpaired) electrons. The molecular formula is C26H27NO6. The Morgan fingerprint density at radius 2 is 1.85 bits per heavy atom. The lowest BCUT2D eigenvalue weighted by Crippen LogP contribution is -2.54. The Bertz CT molecular complexity index is 1150. The molecule has 5 rings (SSSR count). The molecule has 3 heterocycles. The minimum atomic E-state index is -1.64. The Morgan fingerprint density at radius 3 is 2.58 bits per heavy atom. The lowest BCUT2D eigenvalue weighted by atomic mass is 9.81. The lowest BCUT2D eigenvalue weighted by molar-refractivity contribution is -0.224. The number of hydrogen-bond acceptors (Lipinski definition) is 6. The summed E-state index contributed by atoms with van der Waals surface area (Å²) in [7, 11) is 3.24. The topological polar surface area (TPSA) is 74.3 Å². The number of methoxy groups -OCH3 is 1. The van der Waals surface area contributed by atoms with Crippen molar-refractivity contribution < 1.29 is 28.5 Å². The van der Waals surface area contributed by atoms with Crippen LogP contribution in [-0.2, 0) is 35.8 Å². The van der Waals surface area contributed by atoms with Crippen LogP contribution < -0.4 is 9.64 Å². The number of likely N-dealkylation sites (N-methyl/N-ethyl adjacent to an activating group) is 1. The Kier molecular flexibility index (Phi) is 4.97. The van der Waals surface area contributed by atoms with E-state index in [1.54, 1.807) is 46.2 Å². The molecular weight excluding hydrogens is 422 g/mol. The molecule has 1 spiro atoms. The molecule has 2 aromatic rings. The molecule has 0 bridgehead atoms. The molecule has 2 aromatic carbocycles. The van der Waals surface area contributed by atoms with E-state index in [-0.39, 0.29) is 17.6 Å². The van der Waals surface area contributed by atoms with Crippen molar-refractivity contribution in [2.75, 3.05) is 19.1 Å². The fraction of sp³-hybridized carbons (Fsp3) is 0.385. The zero-order valence-corrected chi connectivity index (χ0v) is 19.2. The molecule has 0 aromatic heterocycles. The molecule has 7 nitrogen and oxygen atoms in total. The summed E-state index contributed by atoms with van der Waals surface area (Å²) < 4.78 is 23.7. The number of aryl methyl sites for hydroxylation is 1. The second-order valence-electron chi connectivity index (χ2n) is 9.09. The molecule has 0 saturated heterocycles. The highest BCUT2D eigenvalue weighted by Crippen LogP contribution is 2.54. The highest BCUT2D eigenvalue weighted by molar-refractivity contribution is 6.14. The zero-order chi connectivity index (χ0) is 23.4. The highest BCUT2D eigenvalue weighted by Gasteiger charge is 2.62. The first-order valence-electron chi connectivity index (χ1n) is 11.1. The first kappa shape index (κ1) is 21.5. The second kappa shape index (κ2) is 7.63. The molecule has 0 fully saturated rings. The fourth-order valence-electron chi connectivity index (χ4n) is 4.96. The highest BCUT2D eigenvalue weighted by atomic mass is 16.7. The minimum absolute atomic E-state index is 0.127. The maximum atomic E-state index is 13.8. The number of benzene rings is 2. The maximum absolute atomic E-state index is 13.8. The Morgan fingerprint density at radius 1 is 1.09 bits per heavy atom. The molecule has 3 aliphatic heterocycles. The van der Waals surface area contributed by atoms with E-state index in [0.717, 1.165) is 6.42 Å². The van der Waals surface area contributed by atoms with Crippen molar-refractivity contribution in [3.63, 3.8) is 0 Å². The van der Waals surface area contributed by atoms with E-state index in [2.05, 4.69) is 12.1 Å². The third-order valence-electron chi connectivity index (χ3n) is 6.45. The smallest absolute Gasteiger partial charge is 0.344 e. The summed E-state index contributed by atoms with van der Waals surface area (Å²) in [4.78, 5) is 28.6. The number of fused-ring (bicyclic) bond motifs is 3. The van der Waals surface area contributed by atoms with E-state index in [0.29, 0.717) is 35.6 Å². The van der Waals surface area contributed by atoms with Gasteiger partial charge in [-0.05, 0) is 36.6 Å². The van der Waals surface area contributed by atoms with Crippen molar-refractivity contribution in [2.45, 2.75) is 50.6 Å². The summed E-state index contributed by atoms with van der Waals surface area (Å²) in [5.41, 5.74) is 0.888. The molecule has 0 saturated carbocycles. The van der Waals surface area contributed by atoms with Gasteiger partial charge in [0.15, 0.2) is 0 Å². The van der Waals surface area contributed by atoms with Crippen LogP contribution in [0, 0.1) is 0 Å². The zero-order valence-electron chi connectivity index (χ0n) is 19.2. The first-order chi connectivity index (χ1) is 15.7. The second-order valence-corrected chi connectivity index (χ2v) is 9.09. The van der Waals surface area contributed by atoms with Gasteiger partial charge < -0.3 is 23.8 Å². The van der Waals surface area contributed by atoms with Gasteiger partial charge in [-0.15, -0.1) is 0 Å². The van der Waals surface area contributed by atoms with E-state index in [1.165, 1.54) is 10.5 Å². The third-order valence-corrected chi connectivity index (χ3v) is 6.45. The predicted octanol–water partition coefficient (Wildman–Crippen LogP) is 3.85. The number of esters is 1. The van der Waals surface area contributed by atoms with Crippen LogP contribution in [0.5, 0.6) is 5.75 Å². The number of nitrogens with zero attached hydrogens (tertiary/aromatic N) is 1. The van der Waals surface area contributed by atoms with Gasteiger partial charge in [0.25, 0.3) is 5.91 Å². The molecule has 7 heteroatoms. The molecule has 1 amide bonds. The normalized spacial score (nSPS) is 25.5. The van der Waals surface area contributed by atoms with Crippen LogP contribution in [0.1, 0.15) is 37.8 Å². The van der Waals surface area contributed by atoms with Crippen molar-refractivity contribution in [2.24, 2.45) is 0 Å². The van der Waals surface area contributed by atoms with Crippen molar-refractivity contribution in [3.05, 3.63) is 71.0 Å². The Labute approximate surface area is 192 Å². The molecule has 0 N–H and O–H groups in total. The minimum Gasteiger partial charge on any atom is -0.497 e. The average Bonchev–Trinajstić information content (AvgIpc) is 2.98. The summed E-state index contributed by atoms with van der Waals surface area (Å²) in [5.74, 6) is -1.04. The van der Waals surface area contributed by atoms with Gasteiger partial charge in [0, 0.05) is 32.9 Å². The van der Waals surface area contributed by atoms with Crippen molar-refractivity contribution in [1.82, 2.24) is 0 Å².